The van der Waals surface area contributed by atoms with Gasteiger partial charge < -0.3 is 9.30 Å². The smallest absolute Gasteiger partial charge is 0.318 e. The van der Waals surface area contributed by atoms with Crippen LogP contribution in [0.25, 0.3) is 0 Å². The summed E-state index contributed by atoms with van der Waals surface area (Å²) in [7, 11) is 1.43. The highest BCUT2D eigenvalue weighted by Crippen LogP contribution is 2.36. The molecule has 1 fully saturated rings. The van der Waals surface area contributed by atoms with Gasteiger partial charge in [-0.1, -0.05) is 24.6 Å². The van der Waals surface area contributed by atoms with Crippen LogP contribution in [0.4, 0.5) is 0 Å². The van der Waals surface area contributed by atoms with E-state index in [2.05, 4.69) is 16.5 Å². The molecule has 0 amide bonds. The van der Waals surface area contributed by atoms with Crippen LogP contribution >= 0.6 is 11.8 Å². The summed E-state index contributed by atoms with van der Waals surface area (Å²) in [5.74, 6) is -0.193. The Balaban J connectivity index is 2.24. The highest BCUT2D eigenvalue weighted by Gasteiger charge is 2.25. The summed E-state index contributed by atoms with van der Waals surface area (Å²) in [6.45, 7) is 6.02. The zero-order chi connectivity index (χ0) is 14.0. The van der Waals surface area contributed by atoms with Gasteiger partial charge in [0.05, 0.1) is 12.8 Å². The standard InChI is InChI=1S/C14H22N2O2S/c1-9-10(2)16(12-7-5-6-8-12)14(15-9)19-11(3)13(17)18-4/h11-12H,5-8H2,1-4H3. The monoisotopic (exact) mass is 282 g/mol. The van der Waals surface area contributed by atoms with Crippen LogP contribution in [0, 0.1) is 13.8 Å². The molecule has 1 aliphatic carbocycles. The molecular formula is C14H22N2O2S. The van der Waals surface area contributed by atoms with Crippen LogP contribution in [0.2, 0.25) is 0 Å². The first kappa shape index (κ1) is 14.4. The van der Waals surface area contributed by atoms with Gasteiger partial charge in [0.1, 0.15) is 5.25 Å². The van der Waals surface area contributed by atoms with E-state index >= 15 is 0 Å². The van der Waals surface area contributed by atoms with E-state index < -0.39 is 0 Å². The van der Waals surface area contributed by atoms with E-state index in [4.69, 9.17) is 4.74 Å². The second kappa shape index (κ2) is 5.99. The Morgan fingerprint density at radius 3 is 2.63 bits per heavy atom. The Labute approximate surface area is 118 Å². The lowest BCUT2D eigenvalue weighted by atomic mass is 10.2. The fraction of sp³-hybridized carbons (Fsp3) is 0.714. The van der Waals surface area contributed by atoms with Crippen molar-refractivity contribution in [3.05, 3.63) is 11.4 Å². The molecule has 1 aromatic heterocycles. The first-order chi connectivity index (χ1) is 9.04. The average molecular weight is 282 g/mol. The summed E-state index contributed by atoms with van der Waals surface area (Å²) in [5.41, 5.74) is 2.29. The summed E-state index contributed by atoms with van der Waals surface area (Å²) >= 11 is 1.50. The van der Waals surface area contributed by atoms with Crippen LogP contribution in [0.5, 0.6) is 0 Å². The first-order valence-electron chi connectivity index (χ1n) is 6.84. The predicted molar refractivity (Wildman–Crippen MR) is 76.5 cm³/mol. The van der Waals surface area contributed by atoms with E-state index in [1.165, 1.54) is 50.2 Å². The van der Waals surface area contributed by atoms with E-state index in [9.17, 15) is 4.79 Å². The van der Waals surface area contributed by atoms with E-state index in [1.807, 2.05) is 13.8 Å². The first-order valence-corrected chi connectivity index (χ1v) is 7.72. The zero-order valence-corrected chi connectivity index (χ0v) is 12.9. The summed E-state index contributed by atoms with van der Waals surface area (Å²) in [4.78, 5) is 16.2. The molecule has 0 N–H and O–H groups in total. The van der Waals surface area contributed by atoms with Crippen LogP contribution in [0.15, 0.2) is 5.16 Å². The van der Waals surface area contributed by atoms with Gasteiger partial charge in [0, 0.05) is 11.7 Å². The highest BCUT2D eigenvalue weighted by atomic mass is 32.2. The van der Waals surface area contributed by atoms with Crippen molar-refractivity contribution in [3.63, 3.8) is 0 Å². The predicted octanol–water partition coefficient (Wildman–Crippen LogP) is 3.27. The molecule has 1 aliphatic rings. The van der Waals surface area contributed by atoms with Gasteiger partial charge >= 0.3 is 5.97 Å². The van der Waals surface area contributed by atoms with Crippen LogP contribution in [-0.4, -0.2) is 27.9 Å². The number of carbonyl (C=O) groups is 1. The van der Waals surface area contributed by atoms with Gasteiger partial charge in [-0.25, -0.2) is 4.98 Å². The fourth-order valence-electron chi connectivity index (χ4n) is 2.64. The van der Waals surface area contributed by atoms with Crippen molar-refractivity contribution in [1.29, 1.82) is 0 Å². The summed E-state index contributed by atoms with van der Waals surface area (Å²) < 4.78 is 7.12. The molecule has 1 atom stereocenters. The minimum atomic E-state index is -0.216. The molecule has 5 heteroatoms. The fourth-order valence-corrected chi connectivity index (χ4v) is 3.74. The van der Waals surface area contributed by atoms with Gasteiger partial charge in [-0.2, -0.15) is 0 Å². The zero-order valence-electron chi connectivity index (χ0n) is 12.1. The third-order valence-electron chi connectivity index (χ3n) is 3.86. The Kier molecular flexibility index (Phi) is 4.55. The van der Waals surface area contributed by atoms with E-state index in [0.717, 1.165) is 10.9 Å². The number of ether oxygens (including phenoxy) is 1. The molecule has 0 spiro atoms. The molecule has 0 aliphatic heterocycles. The number of imidazole rings is 1. The number of hydrogen-bond donors (Lipinski definition) is 0. The van der Waals surface area contributed by atoms with Crippen molar-refractivity contribution in [2.24, 2.45) is 0 Å². The molecule has 1 saturated carbocycles. The Hall–Kier alpha value is -0.970. The molecule has 4 nitrogen and oxygen atoms in total. The normalized spacial score (nSPS) is 17.7. The largest absolute Gasteiger partial charge is 0.468 e. The Morgan fingerprint density at radius 2 is 2.05 bits per heavy atom. The number of methoxy groups -OCH3 is 1. The van der Waals surface area contributed by atoms with Crippen LogP contribution in [0.1, 0.15) is 50.0 Å². The maximum absolute atomic E-state index is 11.6. The van der Waals surface area contributed by atoms with Crippen molar-refractivity contribution in [3.8, 4) is 0 Å². The third kappa shape index (κ3) is 2.96. The Bertz CT molecular complexity index is 464. The summed E-state index contributed by atoms with van der Waals surface area (Å²) in [6.07, 6.45) is 5.02. The van der Waals surface area contributed by atoms with Crippen molar-refractivity contribution in [1.82, 2.24) is 9.55 Å². The number of aromatic nitrogens is 2. The van der Waals surface area contributed by atoms with E-state index in [1.54, 1.807) is 0 Å². The van der Waals surface area contributed by atoms with Crippen LogP contribution in [0.3, 0.4) is 0 Å². The number of esters is 1. The molecule has 0 aromatic carbocycles. The van der Waals surface area contributed by atoms with Gasteiger partial charge in [-0.3, -0.25) is 4.79 Å². The maximum atomic E-state index is 11.6. The van der Waals surface area contributed by atoms with E-state index in [0.29, 0.717) is 6.04 Å². The number of nitrogens with zero attached hydrogens (tertiary/aromatic N) is 2. The number of thioether (sulfide) groups is 1. The number of carbonyl (C=O) groups excluding carboxylic acids is 1. The van der Waals surface area contributed by atoms with Gasteiger partial charge in [-0.15, -0.1) is 0 Å². The maximum Gasteiger partial charge on any atom is 0.318 e. The number of rotatable bonds is 4. The molecule has 1 heterocycles. The molecule has 0 radical (unpaired) electrons. The molecule has 2 rings (SSSR count). The second-order valence-corrected chi connectivity index (χ2v) is 6.46. The van der Waals surface area contributed by atoms with Gasteiger partial charge in [0.15, 0.2) is 5.16 Å². The van der Waals surface area contributed by atoms with Gasteiger partial charge in [0.25, 0.3) is 0 Å². The lowest BCUT2D eigenvalue weighted by molar-refractivity contribution is -0.139. The van der Waals surface area contributed by atoms with Crippen molar-refractivity contribution in [2.45, 2.75) is 62.9 Å². The molecular weight excluding hydrogens is 260 g/mol. The molecule has 0 bridgehead atoms. The summed E-state index contributed by atoms with van der Waals surface area (Å²) in [6, 6.07) is 0.550. The molecule has 0 saturated heterocycles. The van der Waals surface area contributed by atoms with Crippen LogP contribution in [-0.2, 0) is 9.53 Å². The third-order valence-corrected chi connectivity index (χ3v) is 4.90. The lowest BCUT2D eigenvalue weighted by Gasteiger charge is -2.18. The molecule has 19 heavy (non-hydrogen) atoms. The van der Waals surface area contributed by atoms with Crippen molar-refractivity contribution < 1.29 is 9.53 Å². The van der Waals surface area contributed by atoms with Crippen molar-refractivity contribution in [2.75, 3.05) is 7.11 Å². The minimum Gasteiger partial charge on any atom is -0.468 e. The molecule has 106 valence electrons. The van der Waals surface area contributed by atoms with E-state index in [-0.39, 0.29) is 11.2 Å². The van der Waals surface area contributed by atoms with Gasteiger partial charge in [-0.05, 0) is 33.6 Å². The Morgan fingerprint density at radius 1 is 1.42 bits per heavy atom. The van der Waals surface area contributed by atoms with Crippen molar-refractivity contribution >= 4 is 17.7 Å². The quantitative estimate of drug-likeness (QED) is 0.628. The number of hydrogen-bond acceptors (Lipinski definition) is 4. The highest BCUT2D eigenvalue weighted by molar-refractivity contribution is 8.00. The average Bonchev–Trinajstić information content (AvgIpc) is 2.98. The minimum absolute atomic E-state index is 0.193. The summed E-state index contributed by atoms with van der Waals surface area (Å²) in [5, 5.41) is 0.742. The SMILES string of the molecule is COC(=O)C(C)Sc1nc(C)c(C)n1C1CCCC1. The topological polar surface area (TPSA) is 44.1 Å². The van der Waals surface area contributed by atoms with Gasteiger partial charge in [0.2, 0.25) is 0 Å². The molecule has 1 unspecified atom stereocenters. The lowest BCUT2D eigenvalue weighted by Crippen LogP contribution is -2.16. The second-order valence-electron chi connectivity index (χ2n) is 5.16. The molecule has 1 aromatic rings. The number of aryl methyl sites for hydroxylation is 1. The van der Waals surface area contributed by atoms with Crippen LogP contribution < -0.4 is 0 Å².